The molecule has 2 nitrogen and oxygen atoms in total. The molecule has 0 unspecified atom stereocenters. The summed E-state index contributed by atoms with van der Waals surface area (Å²) in [6.07, 6.45) is 2.68. The zero-order valence-electron chi connectivity index (χ0n) is 12.7. The quantitative estimate of drug-likeness (QED) is 0.802. The number of rotatable bonds is 7. The number of nitrogens with one attached hydrogen (secondary N) is 1. The third kappa shape index (κ3) is 4.87. The van der Waals surface area contributed by atoms with Crippen molar-refractivity contribution in [2.24, 2.45) is 5.41 Å². The summed E-state index contributed by atoms with van der Waals surface area (Å²) >= 11 is 0. The average Bonchev–Trinajstić information content (AvgIpc) is 3.19. The molecule has 0 spiro atoms. The third-order valence-corrected chi connectivity index (χ3v) is 3.62. The molecule has 1 aliphatic rings. The lowest BCUT2D eigenvalue weighted by molar-refractivity contribution is 0.176. The molecule has 1 fully saturated rings. The van der Waals surface area contributed by atoms with Gasteiger partial charge >= 0.3 is 0 Å². The third-order valence-electron chi connectivity index (χ3n) is 3.62. The Kier molecular flexibility index (Phi) is 4.51. The van der Waals surface area contributed by atoms with Crippen LogP contribution in [-0.4, -0.2) is 19.2 Å². The minimum Gasteiger partial charge on any atom is -0.493 e. The van der Waals surface area contributed by atoms with Gasteiger partial charge in [0.05, 0.1) is 6.61 Å². The van der Waals surface area contributed by atoms with Gasteiger partial charge in [0, 0.05) is 18.0 Å². The van der Waals surface area contributed by atoms with Gasteiger partial charge in [-0.2, -0.15) is 0 Å². The van der Waals surface area contributed by atoms with Gasteiger partial charge in [0.2, 0.25) is 0 Å². The minimum atomic E-state index is 0.180. The van der Waals surface area contributed by atoms with Crippen molar-refractivity contribution in [3.05, 3.63) is 29.8 Å². The highest BCUT2D eigenvalue weighted by molar-refractivity contribution is 5.28. The molecule has 0 bridgehead atoms. The van der Waals surface area contributed by atoms with Crippen molar-refractivity contribution >= 4 is 0 Å². The number of hydrogen-bond acceptors (Lipinski definition) is 2. The van der Waals surface area contributed by atoms with E-state index in [0.29, 0.717) is 5.92 Å². The van der Waals surface area contributed by atoms with Crippen molar-refractivity contribution < 1.29 is 4.74 Å². The van der Waals surface area contributed by atoms with Gasteiger partial charge in [-0.05, 0) is 36.5 Å². The van der Waals surface area contributed by atoms with Crippen LogP contribution in [-0.2, 0) is 0 Å². The van der Waals surface area contributed by atoms with E-state index < -0.39 is 0 Å². The molecule has 0 amide bonds. The predicted octanol–water partition coefficient (Wildman–Crippen LogP) is 3.97. The second kappa shape index (κ2) is 5.96. The summed E-state index contributed by atoms with van der Waals surface area (Å²) in [5.41, 5.74) is 1.54. The Bertz CT molecular complexity index is 390. The van der Waals surface area contributed by atoms with Gasteiger partial charge in [0.15, 0.2) is 0 Å². The molecule has 1 aromatic carbocycles. The Labute approximate surface area is 117 Å². The Hall–Kier alpha value is -1.02. The van der Waals surface area contributed by atoms with Gasteiger partial charge in [-0.25, -0.2) is 0 Å². The van der Waals surface area contributed by atoms with E-state index in [-0.39, 0.29) is 5.41 Å². The lowest BCUT2D eigenvalue weighted by Gasteiger charge is -2.25. The largest absolute Gasteiger partial charge is 0.493 e. The molecule has 0 aliphatic heterocycles. The van der Waals surface area contributed by atoms with E-state index in [4.69, 9.17) is 4.74 Å². The summed E-state index contributed by atoms with van der Waals surface area (Å²) in [7, 11) is 0. The molecular formula is C17H27NO. The van der Waals surface area contributed by atoms with Crippen LogP contribution in [0.4, 0.5) is 0 Å². The van der Waals surface area contributed by atoms with Crippen LogP contribution in [0.25, 0.3) is 0 Å². The smallest absolute Gasteiger partial charge is 0.119 e. The van der Waals surface area contributed by atoms with Crippen LogP contribution >= 0.6 is 0 Å². The second-order valence-corrected chi connectivity index (χ2v) is 6.83. The van der Waals surface area contributed by atoms with Gasteiger partial charge in [-0.3, -0.25) is 0 Å². The first-order valence-electron chi connectivity index (χ1n) is 7.42. The molecule has 0 heterocycles. The first-order valence-corrected chi connectivity index (χ1v) is 7.42. The van der Waals surface area contributed by atoms with Crippen molar-refractivity contribution in [1.29, 1.82) is 0 Å². The van der Waals surface area contributed by atoms with Crippen molar-refractivity contribution in [3.63, 3.8) is 0 Å². The molecule has 0 radical (unpaired) electrons. The number of ether oxygens (including phenoxy) is 1. The molecule has 2 rings (SSSR count). The van der Waals surface area contributed by atoms with E-state index in [2.05, 4.69) is 57.3 Å². The van der Waals surface area contributed by atoms with Crippen LogP contribution in [0.2, 0.25) is 0 Å². The molecule has 0 saturated heterocycles. The van der Waals surface area contributed by atoms with E-state index >= 15 is 0 Å². The van der Waals surface area contributed by atoms with Gasteiger partial charge in [-0.15, -0.1) is 0 Å². The Balaban J connectivity index is 1.79. The van der Waals surface area contributed by atoms with E-state index in [9.17, 15) is 0 Å². The zero-order valence-corrected chi connectivity index (χ0v) is 12.7. The van der Waals surface area contributed by atoms with Crippen LogP contribution < -0.4 is 10.1 Å². The molecule has 1 aliphatic carbocycles. The molecular weight excluding hydrogens is 234 g/mol. The summed E-state index contributed by atoms with van der Waals surface area (Å²) < 4.78 is 5.92. The summed E-state index contributed by atoms with van der Waals surface area (Å²) in [5, 5.41) is 3.58. The lowest BCUT2D eigenvalue weighted by atomic mass is 9.95. The standard InChI is InChI=1S/C17H27NO/c1-13(2)14-5-9-16(10-6-14)19-12-17(3,4)11-18-15-7-8-15/h5-6,9-10,13,15,18H,7-8,11-12H2,1-4H3. The first-order chi connectivity index (χ1) is 8.96. The topological polar surface area (TPSA) is 21.3 Å². The fourth-order valence-corrected chi connectivity index (χ4v) is 1.99. The lowest BCUT2D eigenvalue weighted by Crippen LogP contribution is -2.35. The molecule has 2 heteroatoms. The zero-order chi connectivity index (χ0) is 13.9. The number of hydrogen-bond donors (Lipinski definition) is 1. The Morgan fingerprint density at radius 3 is 2.37 bits per heavy atom. The van der Waals surface area contributed by atoms with Crippen molar-refractivity contribution in [1.82, 2.24) is 5.32 Å². The molecule has 1 saturated carbocycles. The van der Waals surface area contributed by atoms with Crippen molar-refractivity contribution in [3.8, 4) is 5.75 Å². The molecule has 0 atom stereocenters. The maximum Gasteiger partial charge on any atom is 0.119 e. The van der Waals surface area contributed by atoms with Gasteiger partial charge in [-0.1, -0.05) is 39.8 Å². The molecule has 0 aromatic heterocycles. The van der Waals surface area contributed by atoms with Crippen LogP contribution in [0.1, 0.15) is 52.0 Å². The number of benzene rings is 1. The van der Waals surface area contributed by atoms with Crippen LogP contribution in [0.15, 0.2) is 24.3 Å². The van der Waals surface area contributed by atoms with Crippen LogP contribution in [0.5, 0.6) is 5.75 Å². The highest BCUT2D eigenvalue weighted by atomic mass is 16.5. The maximum absolute atomic E-state index is 5.92. The fraction of sp³-hybridized carbons (Fsp3) is 0.647. The van der Waals surface area contributed by atoms with Crippen LogP contribution in [0.3, 0.4) is 0 Å². The highest BCUT2D eigenvalue weighted by Gasteiger charge is 2.25. The normalized spacial score (nSPS) is 15.8. The Morgan fingerprint density at radius 1 is 1.21 bits per heavy atom. The SMILES string of the molecule is CC(C)c1ccc(OCC(C)(C)CNC2CC2)cc1. The molecule has 106 valence electrons. The summed E-state index contributed by atoms with van der Waals surface area (Å²) in [5.74, 6) is 1.55. The van der Waals surface area contributed by atoms with Gasteiger partial charge in [0.25, 0.3) is 0 Å². The molecule has 1 aromatic rings. The summed E-state index contributed by atoms with van der Waals surface area (Å²) in [6, 6.07) is 9.26. The highest BCUT2D eigenvalue weighted by Crippen LogP contribution is 2.23. The monoisotopic (exact) mass is 261 g/mol. The van der Waals surface area contributed by atoms with E-state index in [1.165, 1.54) is 18.4 Å². The van der Waals surface area contributed by atoms with Crippen molar-refractivity contribution in [2.45, 2.75) is 52.5 Å². The Morgan fingerprint density at radius 2 is 1.84 bits per heavy atom. The summed E-state index contributed by atoms with van der Waals surface area (Å²) in [4.78, 5) is 0. The maximum atomic E-state index is 5.92. The first kappa shape index (κ1) is 14.4. The average molecular weight is 261 g/mol. The minimum absolute atomic E-state index is 0.180. The van der Waals surface area contributed by atoms with E-state index in [1.54, 1.807) is 0 Å². The van der Waals surface area contributed by atoms with Crippen molar-refractivity contribution in [2.75, 3.05) is 13.2 Å². The van der Waals surface area contributed by atoms with Crippen LogP contribution in [0, 0.1) is 5.41 Å². The predicted molar refractivity (Wildman–Crippen MR) is 80.8 cm³/mol. The van der Waals surface area contributed by atoms with Gasteiger partial charge < -0.3 is 10.1 Å². The molecule has 19 heavy (non-hydrogen) atoms. The fourth-order valence-electron chi connectivity index (χ4n) is 1.99. The second-order valence-electron chi connectivity index (χ2n) is 6.83. The van der Waals surface area contributed by atoms with Gasteiger partial charge in [0.1, 0.15) is 5.75 Å². The summed E-state index contributed by atoms with van der Waals surface area (Å²) in [6.45, 7) is 10.7. The van der Waals surface area contributed by atoms with E-state index in [0.717, 1.165) is 24.9 Å². The molecule has 1 N–H and O–H groups in total. The van der Waals surface area contributed by atoms with E-state index in [1.807, 2.05) is 0 Å².